The average Bonchev–Trinajstić information content (AvgIpc) is 3.12. The summed E-state index contributed by atoms with van der Waals surface area (Å²) >= 11 is 0. The van der Waals surface area contributed by atoms with E-state index in [-0.39, 0.29) is 30.2 Å². The normalized spacial score (nSPS) is 42.9. The van der Waals surface area contributed by atoms with Gasteiger partial charge in [-0.15, -0.1) is 0 Å². The van der Waals surface area contributed by atoms with Gasteiger partial charge in [-0.3, -0.25) is 14.4 Å². The number of ether oxygens (including phenoxy) is 2. The van der Waals surface area contributed by atoms with Crippen LogP contribution in [0.3, 0.4) is 0 Å². The maximum atomic E-state index is 13.0. The number of Topliss-reactive ketones (excluding diaryl/α,β-unsaturated/α-hetero) is 1. The molecule has 0 radical (unpaired) electrons. The van der Waals surface area contributed by atoms with Crippen LogP contribution in [0.1, 0.15) is 54.9 Å². The first kappa shape index (κ1) is 24.1. The average molecular weight is 461 g/mol. The van der Waals surface area contributed by atoms with Crippen LogP contribution in [0.25, 0.3) is 0 Å². The van der Waals surface area contributed by atoms with Crippen LogP contribution in [0.15, 0.2) is 23.3 Å². The molecule has 0 aliphatic heterocycles. The Morgan fingerprint density at radius 3 is 2.39 bits per heavy atom. The number of aliphatic hydroxyl groups excluding tert-OH is 1. The van der Waals surface area contributed by atoms with Crippen molar-refractivity contribution in [2.24, 2.45) is 40.9 Å². The van der Waals surface area contributed by atoms with Crippen molar-refractivity contribution in [2.45, 2.75) is 72.2 Å². The summed E-state index contributed by atoms with van der Waals surface area (Å²) in [6, 6.07) is 0. The van der Waals surface area contributed by atoms with Gasteiger partial charge in [0.15, 0.2) is 11.4 Å². The highest BCUT2D eigenvalue weighted by molar-refractivity contribution is 6.00. The molecule has 0 amide bonds. The quantitative estimate of drug-likeness (QED) is 0.490. The third-order valence-corrected chi connectivity index (χ3v) is 8.92. The van der Waals surface area contributed by atoms with Crippen LogP contribution < -0.4 is 0 Å². The molecule has 0 spiro atoms. The summed E-state index contributed by atoms with van der Waals surface area (Å²) in [5.41, 5.74) is -1.81. The first-order chi connectivity index (χ1) is 15.2. The molecule has 7 nitrogen and oxygen atoms in total. The Morgan fingerprint density at radius 1 is 1.21 bits per heavy atom. The smallest absolute Gasteiger partial charge is 0.309 e. The van der Waals surface area contributed by atoms with E-state index in [9.17, 15) is 24.6 Å². The van der Waals surface area contributed by atoms with Crippen LogP contribution in [0.2, 0.25) is 0 Å². The molecule has 4 aliphatic rings. The zero-order chi connectivity index (χ0) is 24.7. The zero-order valence-electron chi connectivity index (χ0n) is 20.5. The third-order valence-electron chi connectivity index (χ3n) is 8.92. The lowest BCUT2D eigenvalue weighted by molar-refractivity contribution is -0.220. The number of allylic oxidation sites excluding steroid dienone is 1. The van der Waals surface area contributed by atoms with Gasteiger partial charge in [-0.25, -0.2) is 0 Å². The minimum absolute atomic E-state index is 0.0252. The molecule has 0 bridgehead atoms. The van der Waals surface area contributed by atoms with Crippen LogP contribution in [0.4, 0.5) is 0 Å². The number of rotatable bonds is 4. The molecule has 8 atom stereocenters. The molecule has 182 valence electrons. The topological polar surface area (TPSA) is 110 Å². The van der Waals surface area contributed by atoms with E-state index in [1.807, 2.05) is 32.9 Å². The van der Waals surface area contributed by atoms with Gasteiger partial charge in [-0.1, -0.05) is 46.8 Å². The van der Waals surface area contributed by atoms with Gasteiger partial charge in [0, 0.05) is 41.9 Å². The summed E-state index contributed by atoms with van der Waals surface area (Å²) in [5.74, 6) is -3.71. The standard InChI is InChI=1S/C26H36O7/c1-12(2)23(30)33-26-21(24(26,6)7)19-10-16(11-27)9-17-18(8-13(3)20(17)29)25(19,31)14(4)22(26)32-15(5)28/h8,10,12,14,17-19,21-22,27,31H,9,11H2,1-7H3. The van der Waals surface area contributed by atoms with Gasteiger partial charge in [0.1, 0.15) is 6.10 Å². The zero-order valence-corrected chi connectivity index (χ0v) is 20.5. The molecule has 8 unspecified atom stereocenters. The summed E-state index contributed by atoms with van der Waals surface area (Å²) in [5, 5.41) is 22.6. The van der Waals surface area contributed by atoms with Crippen molar-refractivity contribution < 1.29 is 34.1 Å². The lowest BCUT2D eigenvalue weighted by Crippen LogP contribution is -2.63. The van der Waals surface area contributed by atoms with Crippen LogP contribution in [-0.2, 0) is 23.9 Å². The van der Waals surface area contributed by atoms with Gasteiger partial charge in [0.25, 0.3) is 0 Å². The monoisotopic (exact) mass is 460 g/mol. The highest BCUT2D eigenvalue weighted by atomic mass is 16.6. The van der Waals surface area contributed by atoms with Crippen molar-refractivity contribution in [3.05, 3.63) is 23.3 Å². The minimum Gasteiger partial charge on any atom is -0.458 e. The highest BCUT2D eigenvalue weighted by Gasteiger charge is 2.87. The summed E-state index contributed by atoms with van der Waals surface area (Å²) in [6.45, 7) is 12.1. The Labute approximate surface area is 195 Å². The van der Waals surface area contributed by atoms with Crippen molar-refractivity contribution in [3.63, 3.8) is 0 Å². The predicted octanol–water partition coefficient (Wildman–Crippen LogP) is 2.59. The Morgan fingerprint density at radius 2 is 1.85 bits per heavy atom. The summed E-state index contributed by atoms with van der Waals surface area (Å²) in [6.07, 6.45) is 3.24. The highest BCUT2D eigenvalue weighted by Crippen LogP contribution is 2.77. The van der Waals surface area contributed by atoms with Crippen LogP contribution in [-0.4, -0.2) is 51.8 Å². The molecule has 0 aromatic carbocycles. The summed E-state index contributed by atoms with van der Waals surface area (Å²) < 4.78 is 12.0. The van der Waals surface area contributed by atoms with Gasteiger partial charge in [0.05, 0.1) is 18.1 Å². The van der Waals surface area contributed by atoms with E-state index in [4.69, 9.17) is 9.47 Å². The number of carbonyl (C=O) groups excluding carboxylic acids is 3. The number of esters is 2. The second kappa shape index (κ2) is 7.51. The van der Waals surface area contributed by atoms with E-state index < -0.39 is 52.4 Å². The fourth-order valence-electron chi connectivity index (χ4n) is 7.22. The molecule has 2 fully saturated rings. The molecule has 0 heterocycles. The molecule has 2 N–H and O–H groups in total. The van der Waals surface area contributed by atoms with Crippen molar-refractivity contribution in [1.29, 1.82) is 0 Å². The van der Waals surface area contributed by atoms with Crippen LogP contribution in [0.5, 0.6) is 0 Å². The Hall–Kier alpha value is -1.99. The minimum atomic E-state index is -1.42. The Bertz CT molecular complexity index is 960. The van der Waals surface area contributed by atoms with E-state index in [1.54, 1.807) is 20.8 Å². The molecule has 33 heavy (non-hydrogen) atoms. The summed E-state index contributed by atoms with van der Waals surface area (Å²) in [7, 11) is 0. The molecule has 4 rings (SSSR count). The van der Waals surface area contributed by atoms with Gasteiger partial charge in [-0.05, 0) is 24.5 Å². The lowest BCUT2D eigenvalue weighted by Gasteiger charge is -2.52. The van der Waals surface area contributed by atoms with Crippen molar-refractivity contribution >= 4 is 17.7 Å². The number of carbonyl (C=O) groups is 3. The first-order valence-electron chi connectivity index (χ1n) is 11.9. The molecular formula is C26H36O7. The van der Waals surface area contributed by atoms with Gasteiger partial charge in [0.2, 0.25) is 0 Å². The molecule has 0 aromatic heterocycles. The molecule has 4 aliphatic carbocycles. The molecule has 0 saturated heterocycles. The van der Waals surface area contributed by atoms with Crippen molar-refractivity contribution in [2.75, 3.05) is 6.61 Å². The van der Waals surface area contributed by atoms with Gasteiger partial charge in [-0.2, -0.15) is 0 Å². The van der Waals surface area contributed by atoms with E-state index in [0.717, 1.165) is 0 Å². The van der Waals surface area contributed by atoms with Gasteiger partial charge < -0.3 is 19.7 Å². The third kappa shape index (κ3) is 3.04. The lowest BCUT2D eigenvalue weighted by atomic mass is 9.60. The molecule has 2 saturated carbocycles. The number of hydrogen-bond donors (Lipinski definition) is 2. The van der Waals surface area contributed by atoms with Crippen LogP contribution >= 0.6 is 0 Å². The fourth-order valence-corrected chi connectivity index (χ4v) is 7.22. The van der Waals surface area contributed by atoms with E-state index in [2.05, 4.69) is 0 Å². The fraction of sp³-hybridized carbons (Fsp3) is 0.731. The van der Waals surface area contributed by atoms with E-state index >= 15 is 0 Å². The second-order valence-corrected chi connectivity index (χ2v) is 11.3. The SMILES string of the molecule is CC(=O)OC1C(C)C2(O)C3C=C(C)C(=O)C3CC(CO)=CC2C2C(C)(C)C12OC(=O)C(C)C. The molecule has 0 aromatic rings. The summed E-state index contributed by atoms with van der Waals surface area (Å²) in [4.78, 5) is 38.0. The molecule has 7 heteroatoms. The molecular weight excluding hydrogens is 424 g/mol. The van der Waals surface area contributed by atoms with Crippen LogP contribution in [0, 0.1) is 40.9 Å². The van der Waals surface area contributed by atoms with Gasteiger partial charge >= 0.3 is 11.9 Å². The predicted molar refractivity (Wildman–Crippen MR) is 120 cm³/mol. The van der Waals surface area contributed by atoms with E-state index in [1.165, 1.54) is 6.92 Å². The first-order valence-corrected chi connectivity index (χ1v) is 11.9. The maximum absolute atomic E-state index is 13.0. The Balaban J connectivity index is 1.92. The van der Waals surface area contributed by atoms with Crippen molar-refractivity contribution in [3.8, 4) is 0 Å². The Kier molecular flexibility index (Phi) is 5.49. The van der Waals surface area contributed by atoms with Crippen molar-refractivity contribution in [1.82, 2.24) is 0 Å². The second-order valence-electron chi connectivity index (χ2n) is 11.3. The number of aliphatic hydroxyl groups is 2. The largest absolute Gasteiger partial charge is 0.458 e. The number of ketones is 1. The maximum Gasteiger partial charge on any atom is 0.309 e. The van der Waals surface area contributed by atoms with E-state index in [0.29, 0.717) is 17.6 Å². The number of fused-ring (bicyclic) bond motifs is 5. The number of hydrogen-bond acceptors (Lipinski definition) is 7.